The summed E-state index contributed by atoms with van der Waals surface area (Å²) < 4.78 is 1.93. The quantitative estimate of drug-likeness (QED) is 0.837. The Hall–Kier alpha value is -0.830. The Balaban J connectivity index is 1.59. The molecule has 1 heterocycles. The molecule has 0 bridgehead atoms. The first-order valence-corrected chi connectivity index (χ1v) is 7.53. The molecular weight excluding hydrogens is 222 g/mol. The number of nitrogens with zero attached hydrogens (tertiary/aromatic N) is 2. The Morgan fingerprint density at radius 1 is 1.33 bits per heavy atom. The molecule has 0 amide bonds. The van der Waals surface area contributed by atoms with Crippen LogP contribution in [0, 0.1) is 11.8 Å². The van der Waals surface area contributed by atoms with Crippen molar-refractivity contribution in [2.24, 2.45) is 18.9 Å². The summed E-state index contributed by atoms with van der Waals surface area (Å²) in [4.78, 5) is 0. The highest BCUT2D eigenvalue weighted by Gasteiger charge is 2.28. The highest BCUT2D eigenvalue weighted by molar-refractivity contribution is 5.01. The van der Waals surface area contributed by atoms with Crippen LogP contribution in [-0.4, -0.2) is 22.4 Å². The van der Waals surface area contributed by atoms with Crippen molar-refractivity contribution >= 4 is 0 Å². The molecule has 0 saturated heterocycles. The van der Waals surface area contributed by atoms with Gasteiger partial charge in [0.15, 0.2) is 0 Å². The Morgan fingerprint density at radius 2 is 2.11 bits per heavy atom. The van der Waals surface area contributed by atoms with Crippen molar-refractivity contribution in [3.63, 3.8) is 0 Å². The van der Waals surface area contributed by atoms with E-state index in [1.165, 1.54) is 50.8 Å². The van der Waals surface area contributed by atoms with E-state index in [-0.39, 0.29) is 0 Å². The molecule has 1 N–H and O–H groups in total. The molecule has 0 aliphatic heterocycles. The van der Waals surface area contributed by atoms with Gasteiger partial charge in [0.25, 0.3) is 0 Å². The van der Waals surface area contributed by atoms with Gasteiger partial charge >= 0.3 is 0 Å². The number of aryl methyl sites for hydroxylation is 1. The van der Waals surface area contributed by atoms with Gasteiger partial charge in [-0.3, -0.25) is 4.68 Å². The molecule has 2 aliphatic carbocycles. The van der Waals surface area contributed by atoms with Gasteiger partial charge in [-0.2, -0.15) is 5.10 Å². The van der Waals surface area contributed by atoms with Crippen LogP contribution in [0.25, 0.3) is 0 Å². The summed E-state index contributed by atoms with van der Waals surface area (Å²) >= 11 is 0. The highest BCUT2D eigenvalue weighted by atomic mass is 15.2. The van der Waals surface area contributed by atoms with E-state index in [0.717, 1.165) is 24.3 Å². The van der Waals surface area contributed by atoms with Crippen molar-refractivity contribution in [1.29, 1.82) is 0 Å². The van der Waals surface area contributed by atoms with E-state index in [4.69, 9.17) is 0 Å². The van der Waals surface area contributed by atoms with E-state index in [2.05, 4.69) is 22.7 Å². The van der Waals surface area contributed by atoms with Gasteiger partial charge in [0, 0.05) is 19.3 Å². The third kappa shape index (κ3) is 3.14. The lowest BCUT2D eigenvalue weighted by Gasteiger charge is -2.23. The van der Waals surface area contributed by atoms with Crippen LogP contribution in [0.5, 0.6) is 0 Å². The molecule has 1 aromatic rings. The molecule has 2 aliphatic rings. The topological polar surface area (TPSA) is 29.9 Å². The molecule has 1 atom stereocenters. The monoisotopic (exact) mass is 247 g/mol. The fourth-order valence-corrected chi connectivity index (χ4v) is 3.28. The second kappa shape index (κ2) is 5.43. The summed E-state index contributed by atoms with van der Waals surface area (Å²) in [5.74, 6) is 1.72. The van der Waals surface area contributed by atoms with Crippen LogP contribution in [0.4, 0.5) is 0 Å². The SMILES string of the molecule is Cn1ccc(CC(CNC2CC2)C2CCCC2)n1. The van der Waals surface area contributed by atoms with E-state index in [9.17, 15) is 0 Å². The molecule has 3 heteroatoms. The first kappa shape index (κ1) is 12.2. The smallest absolute Gasteiger partial charge is 0.0627 e. The average Bonchev–Trinajstić information content (AvgIpc) is 2.86. The minimum atomic E-state index is 0.794. The van der Waals surface area contributed by atoms with Crippen LogP contribution < -0.4 is 5.32 Å². The first-order chi connectivity index (χ1) is 8.81. The van der Waals surface area contributed by atoms with Gasteiger partial charge in [-0.15, -0.1) is 0 Å². The van der Waals surface area contributed by atoms with Gasteiger partial charge < -0.3 is 5.32 Å². The molecule has 0 spiro atoms. The minimum absolute atomic E-state index is 0.794. The molecule has 1 aromatic heterocycles. The molecule has 3 rings (SSSR count). The van der Waals surface area contributed by atoms with E-state index in [1.54, 1.807) is 0 Å². The summed E-state index contributed by atoms with van der Waals surface area (Å²) in [5.41, 5.74) is 1.27. The molecule has 2 fully saturated rings. The number of hydrogen-bond acceptors (Lipinski definition) is 2. The lowest BCUT2D eigenvalue weighted by atomic mass is 9.87. The van der Waals surface area contributed by atoms with E-state index >= 15 is 0 Å². The number of nitrogens with one attached hydrogen (secondary N) is 1. The molecule has 100 valence electrons. The maximum atomic E-state index is 4.55. The van der Waals surface area contributed by atoms with Crippen LogP contribution in [0.15, 0.2) is 12.3 Å². The van der Waals surface area contributed by atoms with Crippen molar-refractivity contribution in [1.82, 2.24) is 15.1 Å². The van der Waals surface area contributed by atoms with Crippen molar-refractivity contribution < 1.29 is 0 Å². The minimum Gasteiger partial charge on any atom is -0.314 e. The lowest BCUT2D eigenvalue weighted by molar-refractivity contribution is 0.317. The number of rotatable bonds is 6. The predicted octanol–water partition coefficient (Wildman–Crippen LogP) is 2.52. The van der Waals surface area contributed by atoms with Gasteiger partial charge in [0.05, 0.1) is 5.69 Å². The maximum absolute atomic E-state index is 4.55. The lowest BCUT2D eigenvalue weighted by Crippen LogP contribution is -2.30. The first-order valence-electron chi connectivity index (χ1n) is 7.53. The fourth-order valence-electron chi connectivity index (χ4n) is 3.28. The van der Waals surface area contributed by atoms with E-state index < -0.39 is 0 Å². The summed E-state index contributed by atoms with van der Waals surface area (Å²) in [7, 11) is 2.01. The summed E-state index contributed by atoms with van der Waals surface area (Å²) in [6, 6.07) is 3.01. The second-order valence-electron chi connectivity index (χ2n) is 6.17. The van der Waals surface area contributed by atoms with Crippen molar-refractivity contribution in [2.75, 3.05) is 6.54 Å². The third-order valence-electron chi connectivity index (χ3n) is 4.55. The van der Waals surface area contributed by atoms with Gasteiger partial charge in [-0.05, 0) is 43.7 Å². The Bertz CT molecular complexity index is 375. The number of aromatic nitrogens is 2. The second-order valence-corrected chi connectivity index (χ2v) is 6.17. The van der Waals surface area contributed by atoms with E-state index in [1.807, 2.05) is 11.7 Å². The molecule has 3 nitrogen and oxygen atoms in total. The summed E-state index contributed by atoms with van der Waals surface area (Å²) in [6.07, 6.45) is 11.7. The van der Waals surface area contributed by atoms with Gasteiger partial charge in [-0.25, -0.2) is 0 Å². The third-order valence-corrected chi connectivity index (χ3v) is 4.55. The molecule has 0 aromatic carbocycles. The molecule has 1 unspecified atom stereocenters. The molecule has 2 saturated carbocycles. The largest absolute Gasteiger partial charge is 0.314 e. The van der Waals surface area contributed by atoms with Crippen molar-refractivity contribution in [3.05, 3.63) is 18.0 Å². The van der Waals surface area contributed by atoms with Crippen LogP contribution in [0.2, 0.25) is 0 Å². The van der Waals surface area contributed by atoms with Crippen molar-refractivity contribution in [3.8, 4) is 0 Å². The standard InChI is InChI=1S/C15H25N3/c1-18-9-8-15(17-18)10-13(11-16-14-6-7-14)12-4-2-3-5-12/h8-9,12-14,16H,2-7,10-11H2,1H3. The highest BCUT2D eigenvalue weighted by Crippen LogP contribution is 2.33. The zero-order chi connectivity index (χ0) is 12.4. The van der Waals surface area contributed by atoms with Gasteiger partial charge in [0.2, 0.25) is 0 Å². The van der Waals surface area contributed by atoms with Crippen LogP contribution >= 0.6 is 0 Å². The zero-order valence-electron chi connectivity index (χ0n) is 11.4. The Kier molecular flexibility index (Phi) is 3.69. The maximum Gasteiger partial charge on any atom is 0.0627 e. The average molecular weight is 247 g/mol. The normalized spacial score (nSPS) is 22.5. The van der Waals surface area contributed by atoms with Crippen LogP contribution in [0.3, 0.4) is 0 Å². The summed E-state index contributed by atoms with van der Waals surface area (Å²) in [6.45, 7) is 1.20. The van der Waals surface area contributed by atoms with Gasteiger partial charge in [-0.1, -0.05) is 25.7 Å². The Labute approximate surface area is 110 Å². The fraction of sp³-hybridized carbons (Fsp3) is 0.800. The van der Waals surface area contributed by atoms with Crippen LogP contribution in [-0.2, 0) is 13.5 Å². The Morgan fingerprint density at radius 3 is 2.72 bits per heavy atom. The van der Waals surface area contributed by atoms with Gasteiger partial charge in [0.1, 0.15) is 0 Å². The number of hydrogen-bond donors (Lipinski definition) is 1. The van der Waals surface area contributed by atoms with E-state index in [0.29, 0.717) is 0 Å². The van der Waals surface area contributed by atoms with Crippen molar-refractivity contribution in [2.45, 2.75) is 51.0 Å². The van der Waals surface area contributed by atoms with Crippen LogP contribution in [0.1, 0.15) is 44.2 Å². The molecular formula is C15H25N3. The summed E-state index contributed by atoms with van der Waals surface area (Å²) in [5, 5.41) is 8.28. The molecule has 0 radical (unpaired) electrons. The predicted molar refractivity (Wildman–Crippen MR) is 73.4 cm³/mol. The zero-order valence-corrected chi connectivity index (χ0v) is 11.4. The molecule has 18 heavy (non-hydrogen) atoms.